The Bertz CT molecular complexity index is 1530. The van der Waals surface area contributed by atoms with Crippen LogP contribution in [-0.2, 0) is 0 Å². The average molecular weight is 517 g/mol. The van der Waals surface area contributed by atoms with Crippen molar-refractivity contribution in [2.45, 2.75) is 13.8 Å². The molecule has 37 heavy (non-hydrogen) atoms. The van der Waals surface area contributed by atoms with E-state index in [2.05, 4.69) is 51.8 Å². The SMILES string of the molecule is [2H]N=Nc1cc(C)c(N=Nc2ccc(Nc3nc(Cl)nc(Nc4ccccc4)n3)cc2NC(N)=O)cc1C. The minimum atomic E-state index is -0.770. The topological polar surface area (TPSA) is 179 Å². The van der Waals surface area contributed by atoms with Crippen molar-refractivity contribution >= 4 is 63.7 Å². The van der Waals surface area contributed by atoms with Crippen molar-refractivity contribution in [2.75, 3.05) is 16.0 Å². The maximum absolute atomic E-state index is 11.7. The Hall–Kier alpha value is -4.97. The third kappa shape index (κ3) is 6.58. The lowest BCUT2D eigenvalue weighted by Gasteiger charge is -2.11. The molecule has 186 valence electrons. The first-order valence-corrected chi connectivity index (χ1v) is 11.3. The quantitative estimate of drug-likeness (QED) is 0.154. The molecule has 0 aliphatic heterocycles. The van der Waals surface area contributed by atoms with Gasteiger partial charge in [0.15, 0.2) is 0 Å². The highest BCUT2D eigenvalue weighted by Gasteiger charge is 2.10. The lowest BCUT2D eigenvalue weighted by Crippen LogP contribution is -2.19. The Labute approximate surface area is 218 Å². The number of hydrogen-bond acceptors (Lipinski definition) is 10. The van der Waals surface area contributed by atoms with Crippen LogP contribution in [0.3, 0.4) is 0 Å². The summed E-state index contributed by atoms with van der Waals surface area (Å²) in [7, 11) is 0. The number of benzene rings is 3. The van der Waals surface area contributed by atoms with Crippen LogP contribution in [0.1, 0.15) is 11.1 Å². The van der Waals surface area contributed by atoms with Crippen LogP contribution < -0.4 is 21.7 Å². The molecule has 1 heterocycles. The highest BCUT2D eigenvalue weighted by Crippen LogP contribution is 2.33. The van der Waals surface area contributed by atoms with Gasteiger partial charge >= 0.3 is 6.03 Å². The summed E-state index contributed by atoms with van der Waals surface area (Å²) in [5, 5.41) is 21.0. The standard InChI is InChI=1S/C24H22ClN11O/c1-13-11-19(14(2)10-18(13)34-27)36-35-17-9-8-16(12-20(17)30-22(26)37)29-24-32-21(25)31-23(33-24)28-15-6-4-3-5-7-15/h3-12,27H,1-2H3,(H3,26,30,37)(H2,28,29,31,32,33)/i/hD. The number of nitrogens with zero attached hydrogens (tertiary/aromatic N) is 6. The molecule has 6 N–H and O–H groups in total. The molecule has 0 bridgehead atoms. The van der Waals surface area contributed by atoms with Crippen LogP contribution in [0.2, 0.25) is 6.70 Å². The van der Waals surface area contributed by atoms with Crippen molar-refractivity contribution in [3.63, 3.8) is 0 Å². The number of amides is 2. The fourth-order valence-corrected chi connectivity index (χ4v) is 3.44. The van der Waals surface area contributed by atoms with Crippen LogP contribution >= 0.6 is 11.6 Å². The van der Waals surface area contributed by atoms with E-state index in [-0.39, 0.29) is 17.2 Å². The third-order valence-electron chi connectivity index (χ3n) is 5.04. The number of anilines is 5. The predicted octanol–water partition coefficient (Wildman–Crippen LogP) is 7.20. The first-order valence-electron chi connectivity index (χ1n) is 11.3. The number of halogens is 1. The summed E-state index contributed by atoms with van der Waals surface area (Å²) in [5.41, 5.74) is 13.2. The molecule has 1 aromatic heterocycles. The van der Waals surface area contributed by atoms with Gasteiger partial charge in [0.2, 0.25) is 18.6 Å². The number of aromatic nitrogens is 3. The third-order valence-corrected chi connectivity index (χ3v) is 5.21. The molecular formula is C24H22ClN11O. The zero-order chi connectivity index (χ0) is 27.1. The minimum Gasteiger partial charge on any atom is -0.351 e. The van der Waals surface area contributed by atoms with Crippen molar-refractivity contribution in [1.29, 1.82) is 5.52 Å². The molecule has 0 aliphatic carbocycles. The highest BCUT2D eigenvalue weighted by molar-refractivity contribution is 6.28. The van der Waals surface area contributed by atoms with Crippen LogP contribution in [0.4, 0.5) is 50.8 Å². The molecule has 3 aromatic carbocycles. The number of urea groups is 1. The molecule has 0 spiro atoms. The maximum atomic E-state index is 11.7. The lowest BCUT2D eigenvalue weighted by molar-refractivity contribution is 0.259. The Morgan fingerprint density at radius 3 is 2.24 bits per heavy atom. The van der Waals surface area contributed by atoms with Crippen LogP contribution in [0.15, 0.2) is 76.0 Å². The Morgan fingerprint density at radius 2 is 1.54 bits per heavy atom. The smallest absolute Gasteiger partial charge is 0.316 e. The molecule has 0 saturated carbocycles. The normalized spacial score (nSPS) is 11.5. The second-order valence-corrected chi connectivity index (χ2v) is 8.15. The average Bonchev–Trinajstić information content (AvgIpc) is 2.86. The number of carbonyl (C=O) groups is 1. The number of hydrogen-bond donors (Lipinski definition) is 5. The second-order valence-electron chi connectivity index (χ2n) is 7.81. The molecule has 12 nitrogen and oxygen atoms in total. The fraction of sp³-hybridized carbons (Fsp3) is 0.0833. The number of rotatable bonds is 8. The van der Waals surface area contributed by atoms with Crippen molar-refractivity contribution < 1.29 is 6.21 Å². The molecule has 2 amide bonds. The van der Waals surface area contributed by atoms with E-state index in [1.807, 2.05) is 44.2 Å². The summed E-state index contributed by atoms with van der Waals surface area (Å²) in [6.45, 7) is 3.67. The van der Waals surface area contributed by atoms with Gasteiger partial charge in [0.05, 0.1) is 17.1 Å². The largest absolute Gasteiger partial charge is 0.351 e. The predicted molar refractivity (Wildman–Crippen MR) is 142 cm³/mol. The van der Waals surface area contributed by atoms with Gasteiger partial charge in [-0.05, 0) is 79.0 Å². The van der Waals surface area contributed by atoms with Gasteiger partial charge < -0.3 is 21.7 Å². The second kappa shape index (κ2) is 11.2. The van der Waals surface area contributed by atoms with E-state index in [0.717, 1.165) is 16.8 Å². The first-order chi connectivity index (χ1) is 18.3. The molecule has 0 unspecified atom stereocenters. The summed E-state index contributed by atoms with van der Waals surface area (Å²) in [6, 6.07) is 17.1. The van der Waals surface area contributed by atoms with Gasteiger partial charge in [-0.15, -0.1) is 5.11 Å². The number of carbonyl (C=O) groups excluding carboxylic acids is 1. The van der Waals surface area contributed by atoms with Crippen LogP contribution in [0.25, 0.3) is 0 Å². The molecule has 4 rings (SSSR count). The number of azo groups is 1. The highest BCUT2D eigenvalue weighted by atomic mass is 35.5. The van der Waals surface area contributed by atoms with E-state index in [1.54, 1.807) is 30.3 Å². The van der Waals surface area contributed by atoms with Crippen molar-refractivity contribution in [1.82, 2.24) is 15.0 Å². The molecule has 0 radical (unpaired) electrons. The number of para-hydroxylation sites is 1. The van der Waals surface area contributed by atoms with E-state index < -0.39 is 6.03 Å². The van der Waals surface area contributed by atoms with Crippen molar-refractivity contribution in [3.8, 4) is 0 Å². The first kappa shape index (κ1) is 23.8. The number of aryl methyl sites for hydroxylation is 2. The number of nitrogens with one attached hydrogen (secondary N) is 4. The van der Waals surface area contributed by atoms with E-state index >= 15 is 0 Å². The lowest BCUT2D eigenvalue weighted by atomic mass is 10.1. The van der Waals surface area contributed by atoms with Crippen LogP contribution in [0.5, 0.6) is 0 Å². The molecule has 0 fully saturated rings. The molecule has 13 heteroatoms. The summed E-state index contributed by atoms with van der Waals surface area (Å²) in [6.07, 6.45) is 0. The van der Waals surface area contributed by atoms with Gasteiger partial charge in [-0.2, -0.15) is 25.2 Å². The molecular weight excluding hydrogens is 494 g/mol. The van der Waals surface area contributed by atoms with Gasteiger partial charge in [-0.1, -0.05) is 18.2 Å². The van der Waals surface area contributed by atoms with E-state index in [4.69, 9.17) is 18.7 Å². The summed E-state index contributed by atoms with van der Waals surface area (Å²) < 4.78 is 6.93. The molecule has 0 atom stereocenters. The monoisotopic (exact) mass is 516 g/mol. The minimum absolute atomic E-state index is 0.0114. The summed E-state index contributed by atoms with van der Waals surface area (Å²) in [5.74, 6) is 0.430. The zero-order valence-electron chi connectivity index (χ0n) is 20.8. The summed E-state index contributed by atoms with van der Waals surface area (Å²) >= 11 is 6.09. The summed E-state index contributed by atoms with van der Waals surface area (Å²) in [4.78, 5) is 24.2. The zero-order valence-corrected chi connectivity index (χ0v) is 20.5. The van der Waals surface area contributed by atoms with E-state index in [1.165, 1.54) is 0 Å². The number of primary amides is 1. The maximum Gasteiger partial charge on any atom is 0.316 e. The van der Waals surface area contributed by atoms with Gasteiger partial charge in [0, 0.05) is 11.4 Å². The van der Waals surface area contributed by atoms with Gasteiger partial charge in [0.25, 0.3) is 0 Å². The molecule has 0 saturated heterocycles. The van der Waals surface area contributed by atoms with Crippen molar-refractivity contribution in [2.24, 2.45) is 21.1 Å². The molecule has 0 aliphatic rings. The van der Waals surface area contributed by atoms with Crippen LogP contribution in [0, 0.1) is 19.4 Å². The van der Waals surface area contributed by atoms with Crippen LogP contribution in [-0.4, -0.2) is 21.0 Å². The van der Waals surface area contributed by atoms with Gasteiger partial charge in [-0.3, -0.25) is 0 Å². The van der Waals surface area contributed by atoms with E-state index in [9.17, 15) is 4.79 Å². The van der Waals surface area contributed by atoms with Gasteiger partial charge in [0.1, 0.15) is 5.69 Å². The van der Waals surface area contributed by atoms with Crippen molar-refractivity contribution in [3.05, 3.63) is 77.1 Å². The molecule has 4 aromatic rings. The number of nitrogens with two attached hydrogens (primary N) is 1. The fourth-order valence-electron chi connectivity index (χ4n) is 3.28. The Kier molecular flexibility index (Phi) is 7.18. The van der Waals surface area contributed by atoms with Gasteiger partial charge in [-0.25, -0.2) is 10.3 Å². The Balaban J connectivity index is 1.59. The van der Waals surface area contributed by atoms with E-state index in [0.29, 0.717) is 28.4 Å². The Morgan fingerprint density at radius 1 is 0.892 bits per heavy atom.